The molecule has 0 atom stereocenters. The van der Waals surface area contributed by atoms with E-state index in [1.165, 1.54) is 4.31 Å². The largest absolute Gasteiger partial charge is 0.339 e. The SMILES string of the molecule is CCN1CCN(C(=O)CN(CC)S(=O)(=O)c2ccccc2)CC1. The summed E-state index contributed by atoms with van der Waals surface area (Å²) in [5.74, 6) is -0.123. The maximum Gasteiger partial charge on any atom is 0.243 e. The fraction of sp³-hybridized carbons (Fsp3) is 0.562. The van der Waals surface area contributed by atoms with E-state index in [0.29, 0.717) is 13.1 Å². The summed E-state index contributed by atoms with van der Waals surface area (Å²) >= 11 is 0. The summed E-state index contributed by atoms with van der Waals surface area (Å²) in [5, 5.41) is 0. The van der Waals surface area contributed by atoms with Gasteiger partial charge in [0, 0.05) is 32.7 Å². The van der Waals surface area contributed by atoms with Crippen LogP contribution in [0.3, 0.4) is 0 Å². The average Bonchev–Trinajstić information content (AvgIpc) is 2.60. The molecule has 0 unspecified atom stereocenters. The van der Waals surface area contributed by atoms with Crippen LogP contribution in [0.15, 0.2) is 35.2 Å². The maximum atomic E-state index is 12.6. The molecule has 1 heterocycles. The highest BCUT2D eigenvalue weighted by molar-refractivity contribution is 7.89. The summed E-state index contributed by atoms with van der Waals surface area (Å²) in [4.78, 5) is 16.7. The fourth-order valence-electron chi connectivity index (χ4n) is 2.67. The summed E-state index contributed by atoms with van der Waals surface area (Å²) in [6, 6.07) is 8.26. The lowest BCUT2D eigenvalue weighted by Crippen LogP contribution is -2.51. The van der Waals surface area contributed by atoms with Crippen molar-refractivity contribution in [1.29, 1.82) is 0 Å². The number of carbonyl (C=O) groups is 1. The van der Waals surface area contributed by atoms with E-state index in [0.717, 1.165) is 19.6 Å². The summed E-state index contributed by atoms with van der Waals surface area (Å²) < 4.78 is 26.5. The second-order valence-corrected chi connectivity index (χ2v) is 7.50. The molecule has 1 aromatic rings. The molecule has 6 nitrogen and oxygen atoms in total. The van der Waals surface area contributed by atoms with Crippen LogP contribution < -0.4 is 0 Å². The van der Waals surface area contributed by atoms with Gasteiger partial charge >= 0.3 is 0 Å². The van der Waals surface area contributed by atoms with Crippen LogP contribution >= 0.6 is 0 Å². The molecule has 7 heteroatoms. The van der Waals surface area contributed by atoms with Gasteiger partial charge in [0.2, 0.25) is 15.9 Å². The summed E-state index contributed by atoms with van der Waals surface area (Å²) in [5.41, 5.74) is 0. The second kappa shape index (κ2) is 7.90. The van der Waals surface area contributed by atoms with E-state index in [1.807, 2.05) is 0 Å². The van der Waals surface area contributed by atoms with Crippen LogP contribution in [0, 0.1) is 0 Å². The van der Waals surface area contributed by atoms with E-state index in [-0.39, 0.29) is 23.9 Å². The van der Waals surface area contributed by atoms with Gasteiger partial charge in [-0.3, -0.25) is 4.79 Å². The zero-order valence-electron chi connectivity index (χ0n) is 13.8. The molecule has 0 N–H and O–H groups in total. The molecule has 1 amide bonds. The molecule has 2 rings (SSSR count). The first kappa shape index (κ1) is 17.9. The van der Waals surface area contributed by atoms with Gasteiger partial charge in [-0.25, -0.2) is 8.42 Å². The number of amides is 1. The molecular weight excluding hydrogens is 314 g/mol. The third-order valence-electron chi connectivity index (χ3n) is 4.22. The first-order valence-electron chi connectivity index (χ1n) is 8.04. The Bertz CT molecular complexity index is 611. The number of sulfonamides is 1. The lowest BCUT2D eigenvalue weighted by molar-refractivity contribution is -0.133. The van der Waals surface area contributed by atoms with Crippen LogP contribution in [0.4, 0.5) is 0 Å². The minimum absolute atomic E-state index is 0.0974. The van der Waals surface area contributed by atoms with Crippen molar-refractivity contribution in [2.24, 2.45) is 0 Å². The third-order valence-corrected chi connectivity index (χ3v) is 6.15. The first-order valence-corrected chi connectivity index (χ1v) is 9.48. The number of piperazine rings is 1. The van der Waals surface area contributed by atoms with Crippen molar-refractivity contribution in [3.05, 3.63) is 30.3 Å². The molecule has 128 valence electrons. The van der Waals surface area contributed by atoms with Gasteiger partial charge < -0.3 is 9.80 Å². The number of hydrogen-bond donors (Lipinski definition) is 0. The van der Waals surface area contributed by atoms with Crippen LogP contribution in [-0.4, -0.2) is 74.2 Å². The van der Waals surface area contributed by atoms with Gasteiger partial charge in [0.05, 0.1) is 11.4 Å². The Kier molecular flexibility index (Phi) is 6.15. The lowest BCUT2D eigenvalue weighted by atomic mass is 10.3. The van der Waals surface area contributed by atoms with Crippen LogP contribution in [0.25, 0.3) is 0 Å². The summed E-state index contributed by atoms with van der Waals surface area (Å²) in [6.07, 6.45) is 0. The van der Waals surface area contributed by atoms with Crippen LogP contribution in [0.2, 0.25) is 0 Å². The molecule has 1 aliphatic rings. The number of carbonyl (C=O) groups excluding carboxylic acids is 1. The number of nitrogens with zero attached hydrogens (tertiary/aromatic N) is 3. The van der Waals surface area contributed by atoms with Gasteiger partial charge in [-0.05, 0) is 18.7 Å². The Morgan fingerprint density at radius 3 is 2.22 bits per heavy atom. The molecule has 1 aromatic carbocycles. The summed E-state index contributed by atoms with van der Waals surface area (Å²) in [7, 11) is -3.62. The molecular formula is C16H25N3O3S. The minimum Gasteiger partial charge on any atom is -0.339 e. The minimum atomic E-state index is -3.62. The quantitative estimate of drug-likeness (QED) is 0.771. The van der Waals surface area contributed by atoms with Gasteiger partial charge in [0.25, 0.3) is 0 Å². The molecule has 23 heavy (non-hydrogen) atoms. The molecule has 0 spiro atoms. The Morgan fingerprint density at radius 2 is 1.70 bits per heavy atom. The topological polar surface area (TPSA) is 60.9 Å². The fourth-order valence-corrected chi connectivity index (χ4v) is 4.09. The zero-order chi connectivity index (χ0) is 16.9. The molecule has 1 fully saturated rings. The van der Waals surface area contributed by atoms with Crippen molar-refractivity contribution in [3.63, 3.8) is 0 Å². The predicted octanol–water partition coefficient (Wildman–Crippen LogP) is 0.861. The lowest BCUT2D eigenvalue weighted by Gasteiger charge is -2.35. The van der Waals surface area contributed by atoms with Crippen LogP contribution in [0.5, 0.6) is 0 Å². The number of hydrogen-bond acceptors (Lipinski definition) is 4. The highest BCUT2D eigenvalue weighted by Gasteiger charge is 2.28. The van der Waals surface area contributed by atoms with E-state index >= 15 is 0 Å². The van der Waals surface area contributed by atoms with Crippen LogP contribution in [-0.2, 0) is 14.8 Å². The van der Waals surface area contributed by atoms with E-state index in [9.17, 15) is 13.2 Å². The zero-order valence-corrected chi connectivity index (χ0v) is 14.6. The molecule has 0 aromatic heterocycles. The third kappa shape index (κ3) is 4.31. The van der Waals surface area contributed by atoms with Gasteiger partial charge in [-0.1, -0.05) is 32.0 Å². The van der Waals surface area contributed by atoms with E-state index < -0.39 is 10.0 Å². The Morgan fingerprint density at radius 1 is 1.09 bits per heavy atom. The highest BCUT2D eigenvalue weighted by Crippen LogP contribution is 2.15. The number of likely N-dealkylation sites (N-methyl/N-ethyl adjacent to an activating group) is 2. The molecule has 1 saturated heterocycles. The molecule has 0 bridgehead atoms. The maximum absolute atomic E-state index is 12.6. The van der Waals surface area contributed by atoms with Gasteiger partial charge in [0.1, 0.15) is 0 Å². The molecule has 0 aliphatic carbocycles. The average molecular weight is 339 g/mol. The molecule has 0 radical (unpaired) electrons. The predicted molar refractivity (Wildman–Crippen MR) is 89.6 cm³/mol. The van der Waals surface area contributed by atoms with E-state index in [4.69, 9.17) is 0 Å². The van der Waals surface area contributed by atoms with Gasteiger partial charge in [-0.15, -0.1) is 0 Å². The standard InChI is InChI=1S/C16H25N3O3S/c1-3-17-10-12-18(13-11-17)16(20)14-19(4-2)23(21,22)15-8-6-5-7-9-15/h5-9H,3-4,10-14H2,1-2H3. The Hall–Kier alpha value is -1.44. The van der Waals surface area contributed by atoms with Crippen LogP contribution in [0.1, 0.15) is 13.8 Å². The van der Waals surface area contributed by atoms with Crippen molar-refractivity contribution in [3.8, 4) is 0 Å². The van der Waals surface area contributed by atoms with E-state index in [1.54, 1.807) is 42.2 Å². The second-order valence-electron chi connectivity index (χ2n) is 5.56. The normalized spacial score (nSPS) is 16.7. The summed E-state index contributed by atoms with van der Waals surface area (Å²) in [6.45, 7) is 8.03. The monoisotopic (exact) mass is 339 g/mol. The van der Waals surface area contributed by atoms with Crippen molar-refractivity contribution in [2.75, 3.05) is 45.8 Å². The van der Waals surface area contributed by atoms with E-state index in [2.05, 4.69) is 11.8 Å². The van der Waals surface area contributed by atoms with Gasteiger partial charge in [-0.2, -0.15) is 4.31 Å². The first-order chi connectivity index (χ1) is 11.0. The Labute approximate surface area is 138 Å². The number of benzene rings is 1. The smallest absolute Gasteiger partial charge is 0.243 e. The Balaban J connectivity index is 2.03. The van der Waals surface area contributed by atoms with Crippen molar-refractivity contribution in [1.82, 2.24) is 14.1 Å². The molecule has 0 saturated carbocycles. The van der Waals surface area contributed by atoms with Crippen molar-refractivity contribution >= 4 is 15.9 Å². The van der Waals surface area contributed by atoms with Crippen molar-refractivity contribution in [2.45, 2.75) is 18.7 Å². The molecule has 1 aliphatic heterocycles. The highest BCUT2D eigenvalue weighted by atomic mass is 32.2. The van der Waals surface area contributed by atoms with Gasteiger partial charge in [0.15, 0.2) is 0 Å². The van der Waals surface area contributed by atoms with Crippen molar-refractivity contribution < 1.29 is 13.2 Å². The number of rotatable bonds is 6.